The van der Waals surface area contributed by atoms with Gasteiger partial charge in [-0.05, 0) is 35.1 Å². The van der Waals surface area contributed by atoms with E-state index in [1.54, 1.807) is 41.7 Å². The van der Waals surface area contributed by atoms with Gasteiger partial charge in [-0.15, -0.1) is 0 Å². The number of alkyl halides is 2. The van der Waals surface area contributed by atoms with Gasteiger partial charge in [0.05, 0.1) is 0 Å². The molecule has 0 saturated carbocycles. The number of fused-ring (bicyclic) bond motifs is 1. The number of rotatable bonds is 5. The zero-order chi connectivity index (χ0) is 26.6. The van der Waals surface area contributed by atoms with Crippen molar-refractivity contribution in [2.75, 3.05) is 0 Å². The van der Waals surface area contributed by atoms with Crippen LogP contribution in [0.5, 0.6) is 0 Å². The van der Waals surface area contributed by atoms with Crippen LogP contribution in [0.1, 0.15) is 33.5 Å². The molecule has 2 aliphatic heterocycles. The lowest BCUT2D eigenvalue weighted by Gasteiger charge is -2.38. The summed E-state index contributed by atoms with van der Waals surface area (Å²) < 4.78 is 29.6. The molecule has 4 rings (SSSR count). The lowest BCUT2D eigenvalue weighted by molar-refractivity contribution is -0.147. The Balaban J connectivity index is 1.55. The van der Waals surface area contributed by atoms with Gasteiger partial charge in [-0.25, -0.2) is 0 Å². The molecule has 7 nitrogen and oxygen atoms in total. The number of nitrogens with one attached hydrogen (secondary N) is 1. The second kappa shape index (κ2) is 9.10. The van der Waals surface area contributed by atoms with Crippen molar-refractivity contribution in [3.63, 3.8) is 0 Å². The Morgan fingerprint density at radius 3 is 2.31 bits per heavy atom. The molecule has 2 atom stereocenters. The van der Waals surface area contributed by atoms with Crippen LogP contribution in [-0.4, -0.2) is 70.9 Å². The molecular weight excluding hydrogens is 487 g/mol. The van der Waals surface area contributed by atoms with E-state index in [2.05, 4.69) is 5.32 Å². The molecule has 14 heteroatoms. The summed E-state index contributed by atoms with van der Waals surface area (Å²) in [6.45, 7) is 0.135. The number of imide groups is 1. The molecule has 2 unspecified atom stereocenters. The summed E-state index contributed by atoms with van der Waals surface area (Å²) >= 11 is 5.76. The number of hydrogen-bond acceptors (Lipinski definition) is 4. The molecule has 2 aromatic carbocycles. The van der Waals surface area contributed by atoms with Gasteiger partial charge < -0.3 is 15.0 Å². The standard InChI is InChI=1S/C22H22B4ClF2N3O4/c23-15-8-16(33)32(26)19(35)17(15)31-9-10-7-12(3-6-14(10)18(31)34)22(24,25)30-20(36)21(28,29)11-1-4-13(27)5-2-11/h1-7,15,17H,8-9,23-26H2,(H,30,36). The van der Waals surface area contributed by atoms with Gasteiger partial charge >= 0.3 is 5.92 Å². The van der Waals surface area contributed by atoms with E-state index < -0.39 is 34.7 Å². The molecular formula is C22H22B4ClF2N3O4. The van der Waals surface area contributed by atoms with E-state index in [0.29, 0.717) is 16.7 Å². The molecule has 1 saturated heterocycles. The highest BCUT2D eigenvalue weighted by atomic mass is 35.5. The quantitative estimate of drug-likeness (QED) is 0.401. The van der Waals surface area contributed by atoms with Gasteiger partial charge in [-0.2, -0.15) is 8.78 Å². The minimum Gasteiger partial charge on any atom is -0.357 e. The minimum absolute atomic E-state index is 0.135. The van der Waals surface area contributed by atoms with E-state index in [0.717, 1.165) is 16.9 Å². The van der Waals surface area contributed by atoms with Crippen molar-refractivity contribution in [3.8, 4) is 0 Å². The smallest absolute Gasteiger partial charge is 0.349 e. The Morgan fingerprint density at radius 1 is 1.06 bits per heavy atom. The van der Waals surface area contributed by atoms with Gasteiger partial charge in [0.2, 0.25) is 19.8 Å². The van der Waals surface area contributed by atoms with Crippen LogP contribution in [0.15, 0.2) is 42.5 Å². The molecule has 182 valence electrons. The summed E-state index contributed by atoms with van der Waals surface area (Å²) in [6, 6.07) is 8.86. The van der Waals surface area contributed by atoms with Gasteiger partial charge in [0.15, 0.2) is 0 Å². The molecule has 1 fully saturated rings. The first kappa shape index (κ1) is 26.0. The van der Waals surface area contributed by atoms with Gasteiger partial charge in [0, 0.05) is 34.5 Å². The highest BCUT2D eigenvalue weighted by Crippen LogP contribution is 2.35. The number of nitrogens with zero attached hydrogens (tertiary/aromatic N) is 2. The molecule has 0 radical (unpaired) electrons. The first-order chi connectivity index (χ1) is 16.7. The van der Waals surface area contributed by atoms with Crippen LogP contribution in [0.3, 0.4) is 0 Å². The fourth-order valence-electron chi connectivity index (χ4n) is 4.71. The van der Waals surface area contributed by atoms with E-state index in [-0.39, 0.29) is 35.6 Å². The van der Waals surface area contributed by atoms with Crippen molar-refractivity contribution >= 4 is 66.7 Å². The maximum absolute atomic E-state index is 14.8. The molecule has 0 aromatic heterocycles. The molecule has 0 aliphatic carbocycles. The Bertz CT molecular complexity index is 1280. The monoisotopic (exact) mass is 509 g/mol. The molecule has 4 amide bonds. The molecule has 1 N–H and O–H groups in total. The predicted octanol–water partition coefficient (Wildman–Crippen LogP) is -1.32. The summed E-state index contributed by atoms with van der Waals surface area (Å²) in [4.78, 5) is 53.0. The second-order valence-electron chi connectivity index (χ2n) is 9.88. The lowest BCUT2D eigenvalue weighted by atomic mass is 9.57. The van der Waals surface area contributed by atoms with Crippen LogP contribution in [0.4, 0.5) is 8.78 Å². The number of amides is 4. The van der Waals surface area contributed by atoms with Crippen molar-refractivity contribution in [3.05, 3.63) is 69.7 Å². The van der Waals surface area contributed by atoms with Gasteiger partial charge in [-0.3, -0.25) is 19.2 Å². The zero-order valence-electron chi connectivity index (χ0n) is 20.3. The van der Waals surface area contributed by atoms with Gasteiger partial charge in [-0.1, -0.05) is 35.9 Å². The fraction of sp³-hybridized carbons (Fsp3) is 0.273. The van der Waals surface area contributed by atoms with E-state index in [1.165, 1.54) is 25.0 Å². The summed E-state index contributed by atoms with van der Waals surface area (Å²) in [5, 5.41) is 1.49. The number of hydrogen-bond donors (Lipinski definition) is 1. The van der Waals surface area contributed by atoms with Crippen LogP contribution >= 0.6 is 11.6 Å². The summed E-state index contributed by atoms with van der Waals surface area (Å²) in [7, 11) is 6.34. The first-order valence-electron chi connectivity index (χ1n) is 11.5. The summed E-state index contributed by atoms with van der Waals surface area (Å²) in [6.07, 6.45) is 0.152. The van der Waals surface area contributed by atoms with Gasteiger partial charge in [0.25, 0.3) is 11.8 Å². The van der Waals surface area contributed by atoms with Crippen molar-refractivity contribution < 1.29 is 28.0 Å². The first-order valence-corrected chi connectivity index (χ1v) is 11.8. The predicted molar refractivity (Wildman–Crippen MR) is 140 cm³/mol. The van der Waals surface area contributed by atoms with Crippen molar-refractivity contribution in [2.45, 2.75) is 36.1 Å². The average Bonchev–Trinajstić information content (AvgIpc) is 3.13. The van der Waals surface area contributed by atoms with Crippen molar-refractivity contribution in [1.82, 2.24) is 15.0 Å². The van der Waals surface area contributed by atoms with Crippen LogP contribution in [-0.2, 0) is 32.2 Å². The topological polar surface area (TPSA) is 86.8 Å². The lowest BCUT2D eigenvalue weighted by Crippen LogP contribution is -2.56. The summed E-state index contributed by atoms with van der Waals surface area (Å²) in [5.41, 5.74) is 1.05. The number of benzene rings is 2. The third-order valence-corrected chi connectivity index (χ3v) is 7.16. The van der Waals surface area contributed by atoms with E-state index in [9.17, 15) is 28.0 Å². The Hall–Kier alpha value is -3.07. The van der Waals surface area contributed by atoms with Gasteiger partial charge in [0.1, 0.15) is 29.6 Å². The van der Waals surface area contributed by atoms with Crippen LogP contribution in [0.2, 0.25) is 10.8 Å². The normalized spacial score (nSPS) is 20.5. The minimum atomic E-state index is -3.79. The highest BCUT2D eigenvalue weighted by Gasteiger charge is 2.46. The zero-order valence-corrected chi connectivity index (χ0v) is 21.0. The SMILES string of the molecule is BC1CC(=O)N(B)C(=O)C1N1Cc2cc(C(B)(B)NC(=O)C(F)(F)c3ccc(Cl)cc3)ccc2C1=O. The third kappa shape index (κ3) is 4.45. The third-order valence-electron chi connectivity index (χ3n) is 6.91. The molecule has 0 spiro atoms. The molecule has 36 heavy (non-hydrogen) atoms. The Labute approximate surface area is 215 Å². The highest BCUT2D eigenvalue weighted by molar-refractivity contribution is 6.40. The molecule has 0 bridgehead atoms. The number of halogens is 3. The van der Waals surface area contributed by atoms with E-state index in [4.69, 9.17) is 11.6 Å². The molecule has 2 heterocycles. The number of piperidine rings is 1. The fourth-order valence-corrected chi connectivity index (χ4v) is 4.84. The Kier molecular flexibility index (Phi) is 6.58. The second-order valence-corrected chi connectivity index (χ2v) is 10.3. The van der Waals surface area contributed by atoms with E-state index >= 15 is 0 Å². The van der Waals surface area contributed by atoms with E-state index in [1.807, 2.05) is 0 Å². The van der Waals surface area contributed by atoms with Crippen LogP contribution < -0.4 is 5.32 Å². The Morgan fingerprint density at radius 2 is 1.67 bits per heavy atom. The maximum Gasteiger partial charge on any atom is 0.349 e. The summed E-state index contributed by atoms with van der Waals surface area (Å²) in [5.74, 6) is -6.65. The largest absolute Gasteiger partial charge is 0.357 e. The van der Waals surface area contributed by atoms with Crippen molar-refractivity contribution in [2.24, 2.45) is 0 Å². The van der Waals surface area contributed by atoms with Crippen molar-refractivity contribution in [1.29, 1.82) is 0 Å². The maximum atomic E-state index is 14.8. The van der Waals surface area contributed by atoms with Crippen LogP contribution in [0, 0.1) is 0 Å². The molecule has 2 aliphatic rings. The number of carbonyl (C=O) groups is 4. The van der Waals surface area contributed by atoms with Crippen LogP contribution in [0.25, 0.3) is 0 Å². The number of carbonyl (C=O) groups excluding carboxylic acids is 4. The molecule has 2 aromatic rings. The average molecular weight is 509 g/mol.